The summed E-state index contributed by atoms with van der Waals surface area (Å²) in [5.41, 5.74) is 1.96. The van der Waals surface area contributed by atoms with Crippen molar-refractivity contribution >= 4 is 0 Å². The van der Waals surface area contributed by atoms with E-state index in [1.807, 2.05) is 6.08 Å². The second-order valence-corrected chi connectivity index (χ2v) is 4.91. The first-order chi connectivity index (χ1) is 6.58. The molecular formula is C14H22. The van der Waals surface area contributed by atoms with Crippen LogP contribution in [0.25, 0.3) is 0 Å². The van der Waals surface area contributed by atoms with Crippen LogP contribution >= 0.6 is 0 Å². The van der Waals surface area contributed by atoms with Crippen molar-refractivity contribution in [2.45, 2.75) is 40.0 Å². The van der Waals surface area contributed by atoms with Crippen LogP contribution in [0.15, 0.2) is 36.5 Å². The molecule has 14 heavy (non-hydrogen) atoms. The molecule has 0 saturated heterocycles. The van der Waals surface area contributed by atoms with Crippen molar-refractivity contribution in [1.82, 2.24) is 0 Å². The maximum absolute atomic E-state index is 3.73. The largest absolute Gasteiger partial charge is 0.103 e. The first-order valence-electron chi connectivity index (χ1n) is 5.52. The zero-order chi connectivity index (χ0) is 10.6. The predicted molar refractivity (Wildman–Crippen MR) is 64.2 cm³/mol. The Kier molecular flexibility index (Phi) is 3.74. The molecule has 0 fully saturated rings. The molecule has 0 bridgehead atoms. The monoisotopic (exact) mass is 190 g/mol. The molecule has 0 N–H and O–H groups in total. The minimum absolute atomic E-state index is 0.427. The van der Waals surface area contributed by atoms with E-state index in [1.54, 1.807) is 0 Å². The summed E-state index contributed by atoms with van der Waals surface area (Å²) in [6.07, 6.45) is 12.5. The molecule has 0 nitrogen and oxygen atoms in total. The van der Waals surface area contributed by atoms with E-state index >= 15 is 0 Å². The van der Waals surface area contributed by atoms with Gasteiger partial charge in [0.1, 0.15) is 0 Å². The van der Waals surface area contributed by atoms with Gasteiger partial charge in [0.15, 0.2) is 0 Å². The van der Waals surface area contributed by atoms with Crippen LogP contribution in [-0.2, 0) is 0 Å². The molecule has 0 aromatic rings. The Balaban J connectivity index is 2.75. The first-order valence-corrected chi connectivity index (χ1v) is 5.52. The van der Waals surface area contributed by atoms with Crippen molar-refractivity contribution in [3.8, 4) is 0 Å². The predicted octanol–water partition coefficient (Wildman–Crippen LogP) is 4.50. The molecule has 1 aliphatic carbocycles. The molecule has 0 spiro atoms. The molecular weight excluding hydrogens is 168 g/mol. The first kappa shape index (κ1) is 11.3. The van der Waals surface area contributed by atoms with Crippen molar-refractivity contribution in [3.63, 3.8) is 0 Å². The standard InChI is InChI=1S/C14H22/c1-5-6-7-10-13-12(2)9-8-11-14(13,3)4/h5,7,9-10,13H,1,6,8,11H2,2-4H3/b10-7+. The number of hydrogen-bond acceptors (Lipinski definition) is 0. The fourth-order valence-corrected chi connectivity index (χ4v) is 2.29. The van der Waals surface area contributed by atoms with Crippen LogP contribution in [0.4, 0.5) is 0 Å². The summed E-state index contributed by atoms with van der Waals surface area (Å²) in [6.45, 7) is 10.7. The summed E-state index contributed by atoms with van der Waals surface area (Å²) in [6, 6.07) is 0. The van der Waals surface area contributed by atoms with Gasteiger partial charge in [0, 0.05) is 5.92 Å². The Morgan fingerprint density at radius 3 is 2.86 bits per heavy atom. The van der Waals surface area contributed by atoms with Crippen molar-refractivity contribution in [2.75, 3.05) is 0 Å². The van der Waals surface area contributed by atoms with Gasteiger partial charge >= 0.3 is 0 Å². The van der Waals surface area contributed by atoms with Gasteiger partial charge in [-0.2, -0.15) is 0 Å². The fourth-order valence-electron chi connectivity index (χ4n) is 2.29. The van der Waals surface area contributed by atoms with Gasteiger partial charge in [0.25, 0.3) is 0 Å². The molecule has 1 rings (SSSR count). The highest BCUT2D eigenvalue weighted by Crippen LogP contribution is 2.41. The van der Waals surface area contributed by atoms with E-state index in [9.17, 15) is 0 Å². The summed E-state index contributed by atoms with van der Waals surface area (Å²) in [4.78, 5) is 0. The summed E-state index contributed by atoms with van der Waals surface area (Å²) in [7, 11) is 0. The van der Waals surface area contributed by atoms with Gasteiger partial charge in [0.2, 0.25) is 0 Å². The maximum atomic E-state index is 3.73. The molecule has 0 radical (unpaired) electrons. The molecule has 0 heteroatoms. The van der Waals surface area contributed by atoms with Gasteiger partial charge < -0.3 is 0 Å². The number of allylic oxidation sites excluding steroid dienone is 5. The van der Waals surface area contributed by atoms with E-state index in [1.165, 1.54) is 18.4 Å². The topological polar surface area (TPSA) is 0 Å². The van der Waals surface area contributed by atoms with E-state index in [0.29, 0.717) is 11.3 Å². The van der Waals surface area contributed by atoms with E-state index < -0.39 is 0 Å². The molecule has 1 aliphatic rings. The summed E-state index contributed by atoms with van der Waals surface area (Å²) >= 11 is 0. The molecule has 1 atom stereocenters. The summed E-state index contributed by atoms with van der Waals surface area (Å²) < 4.78 is 0. The SMILES string of the molecule is C=CC/C=C/C1C(C)=CCCC1(C)C. The second-order valence-electron chi connectivity index (χ2n) is 4.91. The zero-order valence-electron chi connectivity index (χ0n) is 9.72. The highest BCUT2D eigenvalue weighted by molar-refractivity contribution is 5.18. The number of rotatable bonds is 3. The molecule has 78 valence electrons. The van der Waals surface area contributed by atoms with E-state index in [2.05, 4.69) is 45.6 Å². The highest BCUT2D eigenvalue weighted by Gasteiger charge is 2.30. The third kappa shape index (κ3) is 2.60. The van der Waals surface area contributed by atoms with Crippen LogP contribution < -0.4 is 0 Å². The summed E-state index contributed by atoms with van der Waals surface area (Å²) in [5, 5.41) is 0. The second kappa shape index (κ2) is 4.63. The van der Waals surface area contributed by atoms with Crippen LogP contribution in [-0.4, -0.2) is 0 Å². The van der Waals surface area contributed by atoms with Crippen molar-refractivity contribution in [1.29, 1.82) is 0 Å². The van der Waals surface area contributed by atoms with Crippen LogP contribution in [0.1, 0.15) is 40.0 Å². The Hall–Kier alpha value is -0.780. The van der Waals surface area contributed by atoms with Gasteiger partial charge in [0.05, 0.1) is 0 Å². The Morgan fingerprint density at radius 1 is 1.57 bits per heavy atom. The average Bonchev–Trinajstić information content (AvgIpc) is 2.09. The van der Waals surface area contributed by atoms with Crippen LogP contribution in [0.5, 0.6) is 0 Å². The fraction of sp³-hybridized carbons (Fsp3) is 0.571. The van der Waals surface area contributed by atoms with Gasteiger partial charge in [-0.1, -0.05) is 43.7 Å². The van der Waals surface area contributed by atoms with Gasteiger partial charge in [-0.3, -0.25) is 0 Å². The minimum atomic E-state index is 0.427. The lowest BCUT2D eigenvalue weighted by Gasteiger charge is -2.36. The minimum Gasteiger partial charge on any atom is -0.103 e. The van der Waals surface area contributed by atoms with E-state index in [-0.39, 0.29) is 0 Å². The third-order valence-corrected chi connectivity index (χ3v) is 3.22. The van der Waals surface area contributed by atoms with Crippen LogP contribution in [0.2, 0.25) is 0 Å². The molecule has 0 amide bonds. The highest BCUT2D eigenvalue weighted by atomic mass is 14.3. The van der Waals surface area contributed by atoms with Gasteiger partial charge in [-0.05, 0) is 31.6 Å². The quantitative estimate of drug-likeness (QED) is 0.575. The normalized spacial score (nSPS) is 26.2. The third-order valence-electron chi connectivity index (χ3n) is 3.22. The Morgan fingerprint density at radius 2 is 2.29 bits per heavy atom. The van der Waals surface area contributed by atoms with E-state index in [0.717, 1.165) is 6.42 Å². The Bertz CT molecular complexity index is 253. The molecule has 0 aliphatic heterocycles. The van der Waals surface area contributed by atoms with Gasteiger partial charge in [-0.25, -0.2) is 0 Å². The van der Waals surface area contributed by atoms with Crippen molar-refractivity contribution in [2.24, 2.45) is 11.3 Å². The summed E-state index contributed by atoms with van der Waals surface area (Å²) in [5.74, 6) is 0.621. The van der Waals surface area contributed by atoms with Gasteiger partial charge in [-0.15, -0.1) is 6.58 Å². The van der Waals surface area contributed by atoms with Crippen LogP contribution in [0, 0.1) is 11.3 Å². The zero-order valence-corrected chi connectivity index (χ0v) is 9.72. The molecule has 0 heterocycles. The maximum Gasteiger partial charge on any atom is 0.00254 e. The van der Waals surface area contributed by atoms with Crippen LogP contribution in [0.3, 0.4) is 0 Å². The lowest BCUT2D eigenvalue weighted by atomic mass is 9.68. The van der Waals surface area contributed by atoms with Crippen molar-refractivity contribution in [3.05, 3.63) is 36.5 Å². The number of hydrogen-bond donors (Lipinski definition) is 0. The van der Waals surface area contributed by atoms with Crippen molar-refractivity contribution < 1.29 is 0 Å². The molecule has 0 aromatic carbocycles. The Labute approximate surface area is 88.4 Å². The lowest BCUT2D eigenvalue weighted by molar-refractivity contribution is 0.255. The molecule has 1 unspecified atom stereocenters. The molecule has 0 saturated carbocycles. The molecule has 0 aromatic heterocycles. The lowest BCUT2D eigenvalue weighted by Crippen LogP contribution is -2.26. The average molecular weight is 190 g/mol. The smallest absolute Gasteiger partial charge is 0.00254 e. The van der Waals surface area contributed by atoms with E-state index in [4.69, 9.17) is 0 Å².